The maximum absolute atomic E-state index is 9.06. The smallest absolute Gasteiger partial charge is 0.136 e. The lowest BCUT2D eigenvalue weighted by Gasteiger charge is -2.42. The summed E-state index contributed by atoms with van der Waals surface area (Å²) in [6.45, 7) is 6.86. The Morgan fingerprint density at radius 1 is 1.38 bits per heavy atom. The highest BCUT2D eigenvalue weighted by Crippen LogP contribution is 2.27. The second-order valence-electron chi connectivity index (χ2n) is 6.22. The van der Waals surface area contributed by atoms with Crippen molar-refractivity contribution in [2.24, 2.45) is 0 Å². The van der Waals surface area contributed by atoms with Crippen molar-refractivity contribution in [2.45, 2.75) is 38.4 Å². The molecule has 2 heterocycles. The largest absolute Gasteiger partial charge is 0.495 e. The van der Waals surface area contributed by atoms with Gasteiger partial charge in [0, 0.05) is 31.7 Å². The van der Waals surface area contributed by atoms with Gasteiger partial charge < -0.3 is 4.74 Å². The van der Waals surface area contributed by atoms with Crippen LogP contribution in [0.5, 0.6) is 5.75 Å². The first-order valence-electron chi connectivity index (χ1n) is 7.76. The van der Waals surface area contributed by atoms with Gasteiger partial charge in [0.05, 0.1) is 12.7 Å². The Balaban J connectivity index is 1.72. The number of hydrogen-bond donors (Lipinski definition) is 0. The number of rotatable bonds is 3. The van der Waals surface area contributed by atoms with E-state index in [4.69, 9.17) is 10.00 Å². The molecule has 1 aromatic carbocycles. The van der Waals surface area contributed by atoms with Crippen LogP contribution in [0, 0.1) is 11.3 Å². The standard InChI is InChI=1S/C17H23N3O/c1-13-10-19-7-3-4-16(19)12-20(13)11-14-5-6-15(9-18)17(8-14)21-2/h5-6,8,13,16H,3-4,7,10-12H2,1-2H3. The minimum absolute atomic E-state index is 0.584. The van der Waals surface area contributed by atoms with E-state index in [1.54, 1.807) is 7.11 Å². The molecule has 0 bridgehead atoms. The van der Waals surface area contributed by atoms with Crippen molar-refractivity contribution in [2.75, 3.05) is 26.7 Å². The van der Waals surface area contributed by atoms with Crippen LogP contribution >= 0.6 is 0 Å². The van der Waals surface area contributed by atoms with Gasteiger partial charge in [0.25, 0.3) is 0 Å². The number of nitriles is 1. The summed E-state index contributed by atoms with van der Waals surface area (Å²) in [5, 5.41) is 9.06. The monoisotopic (exact) mass is 285 g/mol. The predicted octanol–water partition coefficient (Wildman–Crippen LogP) is 2.24. The molecule has 21 heavy (non-hydrogen) atoms. The average molecular weight is 285 g/mol. The van der Waals surface area contributed by atoms with Gasteiger partial charge in [0.15, 0.2) is 0 Å². The molecular weight excluding hydrogens is 262 g/mol. The lowest BCUT2D eigenvalue weighted by Crippen LogP contribution is -2.54. The van der Waals surface area contributed by atoms with E-state index >= 15 is 0 Å². The summed E-state index contributed by atoms with van der Waals surface area (Å²) in [6, 6.07) is 9.42. The Kier molecular flexibility index (Phi) is 4.14. The fraction of sp³-hybridized carbons (Fsp3) is 0.588. The fourth-order valence-electron chi connectivity index (χ4n) is 3.63. The van der Waals surface area contributed by atoms with Crippen LogP contribution in [0.25, 0.3) is 0 Å². The predicted molar refractivity (Wildman–Crippen MR) is 82.2 cm³/mol. The van der Waals surface area contributed by atoms with Crippen LogP contribution in [0.2, 0.25) is 0 Å². The van der Waals surface area contributed by atoms with Crippen molar-refractivity contribution in [1.82, 2.24) is 9.80 Å². The van der Waals surface area contributed by atoms with Gasteiger partial charge in [0.1, 0.15) is 11.8 Å². The average Bonchev–Trinajstić information content (AvgIpc) is 2.94. The molecule has 0 radical (unpaired) electrons. The summed E-state index contributed by atoms with van der Waals surface area (Å²) in [4.78, 5) is 5.20. The third-order valence-corrected chi connectivity index (χ3v) is 4.84. The molecule has 3 rings (SSSR count). The zero-order valence-electron chi connectivity index (χ0n) is 12.9. The van der Waals surface area contributed by atoms with Crippen LogP contribution in [0.4, 0.5) is 0 Å². The summed E-state index contributed by atoms with van der Waals surface area (Å²) >= 11 is 0. The van der Waals surface area contributed by atoms with Crippen LogP contribution in [-0.2, 0) is 6.54 Å². The molecule has 0 saturated carbocycles. The first kappa shape index (κ1) is 14.4. The molecule has 2 fully saturated rings. The Morgan fingerprint density at radius 3 is 3.00 bits per heavy atom. The molecular formula is C17H23N3O. The molecule has 112 valence electrons. The van der Waals surface area contributed by atoms with Gasteiger partial charge in [-0.1, -0.05) is 6.07 Å². The first-order chi connectivity index (χ1) is 10.2. The van der Waals surface area contributed by atoms with Crippen molar-refractivity contribution in [3.05, 3.63) is 29.3 Å². The maximum atomic E-state index is 9.06. The normalized spacial score (nSPS) is 26.3. The van der Waals surface area contributed by atoms with E-state index in [0.717, 1.165) is 19.1 Å². The second kappa shape index (κ2) is 6.05. The van der Waals surface area contributed by atoms with Crippen molar-refractivity contribution in [3.63, 3.8) is 0 Å². The highest BCUT2D eigenvalue weighted by atomic mass is 16.5. The Morgan fingerprint density at radius 2 is 2.24 bits per heavy atom. The molecule has 2 unspecified atom stereocenters. The van der Waals surface area contributed by atoms with Crippen LogP contribution in [0.15, 0.2) is 18.2 Å². The summed E-state index contributed by atoms with van der Waals surface area (Å²) in [7, 11) is 1.62. The molecule has 1 aromatic rings. The minimum atomic E-state index is 0.584. The van der Waals surface area contributed by atoms with Crippen molar-refractivity contribution in [3.8, 4) is 11.8 Å². The zero-order valence-corrected chi connectivity index (χ0v) is 12.9. The number of benzene rings is 1. The summed E-state index contributed by atoms with van der Waals surface area (Å²) < 4.78 is 5.31. The Bertz CT molecular complexity index is 551. The summed E-state index contributed by atoms with van der Waals surface area (Å²) in [6.07, 6.45) is 2.68. The third kappa shape index (κ3) is 2.90. The van der Waals surface area contributed by atoms with Gasteiger partial charge in [-0.3, -0.25) is 9.80 Å². The number of piperazine rings is 1. The SMILES string of the molecule is COc1cc(CN2CC3CCCN3CC2C)ccc1C#N. The van der Waals surface area contributed by atoms with Gasteiger partial charge in [-0.05, 0) is 44.0 Å². The number of nitrogens with zero attached hydrogens (tertiary/aromatic N) is 3. The maximum Gasteiger partial charge on any atom is 0.136 e. The molecule has 2 saturated heterocycles. The van der Waals surface area contributed by atoms with E-state index in [0.29, 0.717) is 17.4 Å². The third-order valence-electron chi connectivity index (χ3n) is 4.84. The van der Waals surface area contributed by atoms with E-state index in [1.807, 2.05) is 12.1 Å². The van der Waals surface area contributed by atoms with Gasteiger partial charge in [-0.2, -0.15) is 5.26 Å². The lowest BCUT2D eigenvalue weighted by atomic mass is 10.1. The molecule has 0 N–H and O–H groups in total. The second-order valence-corrected chi connectivity index (χ2v) is 6.22. The van der Waals surface area contributed by atoms with Crippen molar-refractivity contribution in [1.29, 1.82) is 5.26 Å². The molecule has 2 aliphatic heterocycles. The summed E-state index contributed by atoms with van der Waals surface area (Å²) in [5.74, 6) is 0.683. The molecule has 4 nitrogen and oxygen atoms in total. The van der Waals surface area contributed by atoms with Crippen molar-refractivity contribution >= 4 is 0 Å². The molecule has 2 aliphatic rings. The van der Waals surface area contributed by atoms with E-state index in [9.17, 15) is 0 Å². The summed E-state index contributed by atoms with van der Waals surface area (Å²) in [5.41, 5.74) is 1.83. The lowest BCUT2D eigenvalue weighted by molar-refractivity contribution is 0.0540. The number of methoxy groups -OCH3 is 1. The van der Waals surface area contributed by atoms with E-state index in [-0.39, 0.29) is 0 Å². The fourth-order valence-corrected chi connectivity index (χ4v) is 3.63. The van der Waals surface area contributed by atoms with E-state index < -0.39 is 0 Å². The highest BCUT2D eigenvalue weighted by Gasteiger charge is 2.34. The van der Waals surface area contributed by atoms with Crippen molar-refractivity contribution < 1.29 is 4.74 Å². The van der Waals surface area contributed by atoms with Crippen LogP contribution < -0.4 is 4.74 Å². The van der Waals surface area contributed by atoms with Crippen LogP contribution in [0.3, 0.4) is 0 Å². The topological polar surface area (TPSA) is 39.5 Å². The van der Waals surface area contributed by atoms with E-state index in [1.165, 1.54) is 31.5 Å². The first-order valence-corrected chi connectivity index (χ1v) is 7.76. The highest BCUT2D eigenvalue weighted by molar-refractivity contribution is 5.45. The zero-order chi connectivity index (χ0) is 14.8. The van der Waals surface area contributed by atoms with Gasteiger partial charge in [-0.15, -0.1) is 0 Å². The molecule has 0 aromatic heterocycles. The minimum Gasteiger partial charge on any atom is -0.495 e. The van der Waals surface area contributed by atoms with Crippen LogP contribution in [-0.4, -0.2) is 48.6 Å². The van der Waals surface area contributed by atoms with Gasteiger partial charge in [-0.25, -0.2) is 0 Å². The molecule has 0 amide bonds. The van der Waals surface area contributed by atoms with E-state index in [2.05, 4.69) is 28.9 Å². The number of ether oxygens (including phenoxy) is 1. The Hall–Kier alpha value is -1.57. The van der Waals surface area contributed by atoms with Gasteiger partial charge >= 0.3 is 0 Å². The molecule has 0 spiro atoms. The number of fused-ring (bicyclic) bond motifs is 1. The molecule has 0 aliphatic carbocycles. The number of hydrogen-bond acceptors (Lipinski definition) is 4. The molecule has 4 heteroatoms. The molecule has 2 atom stereocenters. The quantitative estimate of drug-likeness (QED) is 0.854. The Labute approximate surface area is 126 Å². The van der Waals surface area contributed by atoms with Gasteiger partial charge in [0.2, 0.25) is 0 Å². The van der Waals surface area contributed by atoms with Crippen LogP contribution in [0.1, 0.15) is 30.9 Å².